The molecule has 0 bridgehead atoms. The van der Waals surface area contributed by atoms with E-state index >= 15 is 0 Å². The van der Waals surface area contributed by atoms with Gasteiger partial charge < -0.3 is 14.7 Å². The normalized spacial score (nSPS) is 18.0. The molecule has 0 saturated heterocycles. The van der Waals surface area contributed by atoms with Crippen molar-refractivity contribution >= 4 is 11.7 Å². The molecule has 24 heavy (non-hydrogen) atoms. The van der Waals surface area contributed by atoms with Gasteiger partial charge in [-0.05, 0) is 24.5 Å². The number of carbonyl (C=O) groups excluding carboxylic acids is 2. The minimum Gasteiger partial charge on any atom is -0.503 e. The Morgan fingerprint density at radius 3 is 2.58 bits per heavy atom. The zero-order chi connectivity index (χ0) is 17.9. The summed E-state index contributed by atoms with van der Waals surface area (Å²) < 4.78 is 5.06. The molecule has 0 saturated carbocycles. The van der Waals surface area contributed by atoms with E-state index in [2.05, 4.69) is 0 Å². The molecule has 0 radical (unpaired) electrons. The Hall–Kier alpha value is -2.14. The second-order valence-electron chi connectivity index (χ2n) is 6.39. The average molecular weight is 331 g/mol. The lowest BCUT2D eigenvalue weighted by Gasteiger charge is -2.28. The van der Waals surface area contributed by atoms with Gasteiger partial charge in [-0.3, -0.25) is 9.59 Å². The van der Waals surface area contributed by atoms with E-state index < -0.39 is 17.7 Å². The van der Waals surface area contributed by atoms with E-state index in [1.807, 2.05) is 31.2 Å². The van der Waals surface area contributed by atoms with E-state index in [0.29, 0.717) is 19.6 Å². The Kier molecular flexibility index (Phi) is 5.78. The van der Waals surface area contributed by atoms with Crippen molar-refractivity contribution in [2.24, 2.45) is 5.92 Å². The van der Waals surface area contributed by atoms with E-state index in [9.17, 15) is 14.7 Å². The zero-order valence-electron chi connectivity index (χ0n) is 14.7. The van der Waals surface area contributed by atoms with Crippen LogP contribution in [0.1, 0.15) is 37.4 Å². The predicted octanol–water partition coefficient (Wildman–Crippen LogP) is 2.95. The van der Waals surface area contributed by atoms with Crippen LogP contribution >= 0.6 is 0 Å². The van der Waals surface area contributed by atoms with Gasteiger partial charge >= 0.3 is 0 Å². The molecule has 0 fully saturated rings. The van der Waals surface area contributed by atoms with Crippen molar-refractivity contribution in [1.29, 1.82) is 0 Å². The Labute approximate surface area is 142 Å². The highest BCUT2D eigenvalue weighted by atomic mass is 16.5. The molecule has 1 aliphatic heterocycles. The molecular formula is C19H25NO4. The summed E-state index contributed by atoms with van der Waals surface area (Å²) in [5, 5.41) is 10.4. The first-order chi connectivity index (χ1) is 11.4. The molecule has 1 heterocycles. The number of Topliss-reactive ketones (excluding diaryl/α,β-unsaturated/α-hetero) is 1. The van der Waals surface area contributed by atoms with Gasteiger partial charge in [-0.1, -0.05) is 38.1 Å². The minimum atomic E-state index is -0.537. The second-order valence-corrected chi connectivity index (χ2v) is 6.39. The molecule has 1 atom stereocenters. The number of hydrogen-bond donors (Lipinski definition) is 1. The lowest BCUT2D eigenvalue weighted by molar-refractivity contribution is -0.129. The van der Waals surface area contributed by atoms with Gasteiger partial charge in [-0.25, -0.2) is 0 Å². The fourth-order valence-electron chi connectivity index (χ4n) is 3.04. The molecule has 0 spiro atoms. The number of amides is 1. The summed E-state index contributed by atoms with van der Waals surface area (Å²) in [5.41, 5.74) is 2.06. The number of aliphatic hydroxyl groups excluding tert-OH is 1. The molecule has 1 N–H and O–H groups in total. The van der Waals surface area contributed by atoms with Crippen LogP contribution in [-0.4, -0.2) is 42.0 Å². The number of rotatable bonds is 7. The highest BCUT2D eigenvalue weighted by Gasteiger charge is 2.43. The van der Waals surface area contributed by atoms with Crippen LogP contribution in [0, 0.1) is 12.8 Å². The number of methoxy groups -OCH3 is 1. The standard InChI is InChI=1S/C19H25NO4/c1-12(2)17(21)15-16(14-9-6-5-8-13(14)3)20(10-7-11-24-4)19(23)18(15)22/h5-6,8-9,12,16,22H,7,10-11H2,1-4H3. The van der Waals surface area contributed by atoms with Crippen LogP contribution < -0.4 is 0 Å². The van der Waals surface area contributed by atoms with Gasteiger partial charge in [0.05, 0.1) is 11.6 Å². The van der Waals surface area contributed by atoms with Crippen LogP contribution in [0.25, 0.3) is 0 Å². The Bertz CT molecular complexity index is 663. The van der Waals surface area contributed by atoms with Crippen LogP contribution in [0.4, 0.5) is 0 Å². The van der Waals surface area contributed by atoms with Gasteiger partial charge in [0.15, 0.2) is 11.5 Å². The Morgan fingerprint density at radius 1 is 1.33 bits per heavy atom. The molecule has 5 heteroatoms. The van der Waals surface area contributed by atoms with Crippen LogP contribution in [0.2, 0.25) is 0 Å². The monoisotopic (exact) mass is 331 g/mol. The first-order valence-corrected chi connectivity index (χ1v) is 8.22. The number of hydrogen-bond acceptors (Lipinski definition) is 4. The molecule has 0 aromatic heterocycles. The zero-order valence-corrected chi connectivity index (χ0v) is 14.7. The molecule has 130 valence electrons. The van der Waals surface area contributed by atoms with Crippen molar-refractivity contribution in [1.82, 2.24) is 4.90 Å². The summed E-state index contributed by atoms with van der Waals surface area (Å²) in [5.74, 6) is -1.38. The summed E-state index contributed by atoms with van der Waals surface area (Å²) in [6, 6.07) is 7.11. The van der Waals surface area contributed by atoms with Crippen LogP contribution in [0.3, 0.4) is 0 Å². The van der Waals surface area contributed by atoms with Gasteiger partial charge in [-0.15, -0.1) is 0 Å². The molecule has 5 nitrogen and oxygen atoms in total. The van der Waals surface area contributed by atoms with Crippen LogP contribution in [0.5, 0.6) is 0 Å². The fraction of sp³-hybridized carbons (Fsp3) is 0.474. The smallest absolute Gasteiger partial charge is 0.290 e. The molecule has 1 unspecified atom stereocenters. The van der Waals surface area contributed by atoms with Gasteiger partial charge in [0.2, 0.25) is 0 Å². The second kappa shape index (κ2) is 7.62. The summed E-state index contributed by atoms with van der Waals surface area (Å²) in [6.45, 7) is 6.42. The number of nitrogens with zero attached hydrogens (tertiary/aromatic N) is 1. The lowest BCUT2D eigenvalue weighted by atomic mass is 9.89. The summed E-state index contributed by atoms with van der Waals surface area (Å²) >= 11 is 0. The maximum atomic E-state index is 12.7. The van der Waals surface area contributed by atoms with Crippen LogP contribution in [0.15, 0.2) is 35.6 Å². The first-order valence-electron chi connectivity index (χ1n) is 8.22. The highest BCUT2D eigenvalue weighted by molar-refractivity contribution is 6.09. The molecule has 1 aromatic carbocycles. The molecule has 0 aliphatic carbocycles. The third kappa shape index (κ3) is 3.36. The van der Waals surface area contributed by atoms with Gasteiger partial charge in [0.25, 0.3) is 5.91 Å². The Morgan fingerprint density at radius 2 is 2.00 bits per heavy atom. The molecular weight excluding hydrogens is 306 g/mol. The fourth-order valence-corrected chi connectivity index (χ4v) is 3.04. The van der Waals surface area contributed by atoms with Gasteiger partial charge in [0.1, 0.15) is 0 Å². The molecule has 1 amide bonds. The highest BCUT2D eigenvalue weighted by Crippen LogP contribution is 2.39. The largest absolute Gasteiger partial charge is 0.503 e. The van der Waals surface area contributed by atoms with E-state index in [0.717, 1.165) is 11.1 Å². The van der Waals surface area contributed by atoms with Crippen molar-refractivity contribution in [2.45, 2.75) is 33.2 Å². The van der Waals surface area contributed by atoms with Crippen molar-refractivity contribution in [3.63, 3.8) is 0 Å². The maximum absolute atomic E-state index is 12.7. The third-order valence-corrected chi connectivity index (χ3v) is 4.32. The first kappa shape index (κ1) is 18.2. The van der Waals surface area contributed by atoms with Crippen molar-refractivity contribution in [2.75, 3.05) is 20.3 Å². The van der Waals surface area contributed by atoms with E-state index in [-0.39, 0.29) is 17.3 Å². The number of carbonyl (C=O) groups is 2. The van der Waals surface area contributed by atoms with Crippen molar-refractivity contribution < 1.29 is 19.4 Å². The third-order valence-electron chi connectivity index (χ3n) is 4.32. The number of benzene rings is 1. The van der Waals surface area contributed by atoms with Gasteiger partial charge in [0, 0.05) is 26.2 Å². The average Bonchev–Trinajstić information content (AvgIpc) is 2.79. The summed E-state index contributed by atoms with van der Waals surface area (Å²) in [6.07, 6.45) is 0.640. The van der Waals surface area contributed by atoms with Gasteiger partial charge in [-0.2, -0.15) is 0 Å². The van der Waals surface area contributed by atoms with Crippen molar-refractivity contribution in [3.05, 3.63) is 46.7 Å². The van der Waals surface area contributed by atoms with Crippen LogP contribution in [-0.2, 0) is 14.3 Å². The maximum Gasteiger partial charge on any atom is 0.290 e. The quantitative estimate of drug-likeness (QED) is 0.780. The SMILES string of the molecule is COCCCN1C(=O)C(O)=C(C(=O)C(C)C)C1c1ccccc1C. The van der Waals surface area contributed by atoms with E-state index in [1.54, 1.807) is 25.9 Å². The summed E-state index contributed by atoms with van der Waals surface area (Å²) in [7, 11) is 1.61. The van der Waals surface area contributed by atoms with E-state index in [4.69, 9.17) is 4.74 Å². The number of aryl methyl sites for hydroxylation is 1. The summed E-state index contributed by atoms with van der Waals surface area (Å²) in [4.78, 5) is 26.8. The lowest BCUT2D eigenvalue weighted by Crippen LogP contribution is -2.33. The number of ketones is 1. The van der Waals surface area contributed by atoms with E-state index in [1.165, 1.54) is 0 Å². The molecule has 2 rings (SSSR count). The number of ether oxygens (including phenoxy) is 1. The van der Waals surface area contributed by atoms with Crippen molar-refractivity contribution in [3.8, 4) is 0 Å². The minimum absolute atomic E-state index is 0.191. The topological polar surface area (TPSA) is 66.8 Å². The molecule has 1 aliphatic rings. The molecule has 1 aromatic rings. The number of aliphatic hydroxyl groups is 1. The Balaban J connectivity index is 2.49. The predicted molar refractivity (Wildman–Crippen MR) is 91.6 cm³/mol.